The molecule has 3 rings (SSSR count). The van der Waals surface area contributed by atoms with Crippen LogP contribution in [0.2, 0.25) is 0 Å². The van der Waals surface area contributed by atoms with Crippen molar-refractivity contribution in [3.63, 3.8) is 0 Å². The minimum absolute atomic E-state index is 0.271. The topological polar surface area (TPSA) is 101 Å². The van der Waals surface area contributed by atoms with Gasteiger partial charge in [0.05, 0.1) is 34.1 Å². The monoisotopic (exact) mass is 425 g/mol. The molecule has 0 aliphatic rings. The summed E-state index contributed by atoms with van der Waals surface area (Å²) in [6.07, 6.45) is 0. The van der Waals surface area contributed by atoms with E-state index in [-0.39, 0.29) is 6.54 Å². The number of methoxy groups -OCH3 is 4. The Bertz CT molecular complexity index is 1120. The molecule has 3 aromatic rings. The summed E-state index contributed by atoms with van der Waals surface area (Å²) < 4.78 is 22.2. The maximum Gasteiger partial charge on any atom is 0.267 e. The largest absolute Gasteiger partial charge is 0.497 e. The summed E-state index contributed by atoms with van der Waals surface area (Å²) in [6.45, 7) is -0.271. The molecule has 0 bridgehead atoms. The van der Waals surface area contributed by atoms with Gasteiger partial charge in [0.2, 0.25) is 11.7 Å². The maximum atomic E-state index is 12.6. The van der Waals surface area contributed by atoms with Crippen molar-refractivity contribution in [1.82, 2.24) is 9.78 Å². The zero-order chi connectivity index (χ0) is 22.4. The molecule has 2 aromatic carbocycles. The predicted molar refractivity (Wildman–Crippen MR) is 115 cm³/mol. The lowest BCUT2D eigenvalue weighted by atomic mass is 10.1. The predicted octanol–water partition coefficient (Wildman–Crippen LogP) is 2.58. The molecule has 0 aliphatic heterocycles. The highest BCUT2D eigenvalue weighted by Crippen LogP contribution is 2.39. The van der Waals surface area contributed by atoms with Crippen molar-refractivity contribution in [2.75, 3.05) is 33.8 Å². The van der Waals surface area contributed by atoms with Gasteiger partial charge in [0.1, 0.15) is 12.3 Å². The number of carbonyl (C=O) groups is 1. The summed E-state index contributed by atoms with van der Waals surface area (Å²) in [5.74, 6) is 1.43. The molecule has 0 atom stereocenters. The molecule has 1 heterocycles. The average molecular weight is 425 g/mol. The van der Waals surface area contributed by atoms with Crippen LogP contribution in [0.1, 0.15) is 0 Å². The fourth-order valence-corrected chi connectivity index (χ4v) is 2.99. The van der Waals surface area contributed by atoms with Crippen LogP contribution in [0.15, 0.2) is 53.3 Å². The molecule has 0 unspecified atom stereocenters. The van der Waals surface area contributed by atoms with Gasteiger partial charge in [-0.2, -0.15) is 5.10 Å². The number of anilines is 1. The van der Waals surface area contributed by atoms with E-state index in [1.165, 1.54) is 27.4 Å². The van der Waals surface area contributed by atoms with Gasteiger partial charge in [-0.05, 0) is 18.2 Å². The number of rotatable bonds is 8. The van der Waals surface area contributed by atoms with E-state index in [0.29, 0.717) is 34.4 Å². The van der Waals surface area contributed by atoms with E-state index in [2.05, 4.69) is 10.4 Å². The van der Waals surface area contributed by atoms with Crippen LogP contribution >= 0.6 is 0 Å². The van der Waals surface area contributed by atoms with E-state index in [9.17, 15) is 9.59 Å². The molecule has 0 fully saturated rings. The summed E-state index contributed by atoms with van der Waals surface area (Å²) in [5, 5.41) is 7.03. The number of carbonyl (C=O) groups excluding carboxylic acids is 1. The molecule has 1 amide bonds. The van der Waals surface area contributed by atoms with E-state index in [4.69, 9.17) is 18.9 Å². The fourth-order valence-electron chi connectivity index (χ4n) is 2.99. The Balaban J connectivity index is 1.83. The van der Waals surface area contributed by atoms with Crippen molar-refractivity contribution in [1.29, 1.82) is 0 Å². The lowest BCUT2D eigenvalue weighted by Gasteiger charge is -2.15. The third kappa shape index (κ3) is 4.95. The first-order chi connectivity index (χ1) is 15.0. The Kier molecular flexibility index (Phi) is 6.76. The normalized spacial score (nSPS) is 10.3. The first kappa shape index (κ1) is 21.7. The number of hydrogen-bond acceptors (Lipinski definition) is 7. The standard InChI is InChI=1S/C22H23N3O6/c1-28-16-7-5-6-14(10-16)17-8-9-21(27)25(24-17)13-20(26)23-15-11-18(29-2)22(31-4)19(12-15)30-3/h5-12H,13H2,1-4H3,(H,23,26). The molecule has 1 aromatic heterocycles. The van der Waals surface area contributed by atoms with Gasteiger partial charge in [0, 0.05) is 29.4 Å². The van der Waals surface area contributed by atoms with E-state index in [0.717, 1.165) is 10.2 Å². The van der Waals surface area contributed by atoms with Crippen LogP contribution in [-0.4, -0.2) is 44.1 Å². The van der Waals surface area contributed by atoms with Crippen LogP contribution in [0.3, 0.4) is 0 Å². The van der Waals surface area contributed by atoms with Crippen molar-refractivity contribution in [3.05, 3.63) is 58.9 Å². The van der Waals surface area contributed by atoms with Gasteiger partial charge in [-0.25, -0.2) is 4.68 Å². The Morgan fingerprint density at radius 2 is 1.65 bits per heavy atom. The first-order valence-corrected chi connectivity index (χ1v) is 9.31. The Hall–Kier alpha value is -4.01. The van der Waals surface area contributed by atoms with Crippen LogP contribution in [0.5, 0.6) is 23.0 Å². The second kappa shape index (κ2) is 9.66. The second-order valence-electron chi connectivity index (χ2n) is 6.41. The maximum absolute atomic E-state index is 12.6. The van der Waals surface area contributed by atoms with E-state index >= 15 is 0 Å². The van der Waals surface area contributed by atoms with Crippen LogP contribution in [0.25, 0.3) is 11.3 Å². The summed E-state index contributed by atoms with van der Waals surface area (Å²) in [5.41, 5.74) is 1.33. The average Bonchev–Trinajstić information content (AvgIpc) is 2.79. The molecule has 0 saturated heterocycles. The van der Waals surface area contributed by atoms with Crippen molar-refractivity contribution < 1.29 is 23.7 Å². The number of hydrogen-bond donors (Lipinski definition) is 1. The quantitative estimate of drug-likeness (QED) is 0.592. The van der Waals surface area contributed by atoms with Crippen molar-refractivity contribution >= 4 is 11.6 Å². The lowest BCUT2D eigenvalue weighted by Crippen LogP contribution is -2.29. The van der Waals surface area contributed by atoms with Gasteiger partial charge in [0.15, 0.2) is 11.5 Å². The van der Waals surface area contributed by atoms with Gasteiger partial charge in [-0.15, -0.1) is 0 Å². The minimum atomic E-state index is -0.438. The minimum Gasteiger partial charge on any atom is -0.497 e. The number of aromatic nitrogens is 2. The van der Waals surface area contributed by atoms with Gasteiger partial charge >= 0.3 is 0 Å². The van der Waals surface area contributed by atoms with E-state index in [1.807, 2.05) is 18.2 Å². The SMILES string of the molecule is COc1cccc(-c2ccc(=O)n(CC(=O)Nc3cc(OC)c(OC)c(OC)c3)n2)c1. The van der Waals surface area contributed by atoms with Crippen molar-refractivity contribution in [2.45, 2.75) is 6.54 Å². The number of ether oxygens (including phenoxy) is 4. The zero-order valence-corrected chi connectivity index (χ0v) is 17.7. The summed E-state index contributed by atoms with van der Waals surface area (Å²) >= 11 is 0. The van der Waals surface area contributed by atoms with Crippen molar-refractivity contribution in [2.24, 2.45) is 0 Å². The third-order valence-electron chi connectivity index (χ3n) is 4.47. The number of benzene rings is 2. The van der Waals surface area contributed by atoms with Crippen LogP contribution < -0.4 is 29.8 Å². The Morgan fingerprint density at radius 1 is 0.935 bits per heavy atom. The zero-order valence-electron chi connectivity index (χ0n) is 17.7. The summed E-state index contributed by atoms with van der Waals surface area (Å²) in [4.78, 5) is 24.8. The van der Waals surface area contributed by atoms with Gasteiger partial charge in [-0.3, -0.25) is 9.59 Å². The number of amides is 1. The molecule has 162 valence electrons. The third-order valence-corrected chi connectivity index (χ3v) is 4.47. The highest BCUT2D eigenvalue weighted by atomic mass is 16.5. The molecule has 9 heteroatoms. The number of nitrogens with one attached hydrogen (secondary N) is 1. The molecular weight excluding hydrogens is 402 g/mol. The Labute approximate surface area is 179 Å². The van der Waals surface area contributed by atoms with Gasteiger partial charge in [-0.1, -0.05) is 12.1 Å². The molecule has 9 nitrogen and oxygen atoms in total. The van der Waals surface area contributed by atoms with Gasteiger partial charge in [0.25, 0.3) is 5.56 Å². The molecule has 0 spiro atoms. The molecular formula is C22H23N3O6. The Morgan fingerprint density at radius 3 is 2.26 bits per heavy atom. The fraction of sp³-hybridized carbons (Fsp3) is 0.227. The smallest absolute Gasteiger partial charge is 0.267 e. The number of nitrogens with zero attached hydrogens (tertiary/aromatic N) is 2. The van der Waals surface area contributed by atoms with Crippen LogP contribution in [0.4, 0.5) is 5.69 Å². The molecule has 0 saturated carbocycles. The lowest BCUT2D eigenvalue weighted by molar-refractivity contribution is -0.117. The summed E-state index contributed by atoms with van der Waals surface area (Å²) in [7, 11) is 6.03. The highest BCUT2D eigenvalue weighted by Gasteiger charge is 2.15. The van der Waals surface area contributed by atoms with E-state index in [1.54, 1.807) is 31.4 Å². The van der Waals surface area contributed by atoms with Crippen LogP contribution in [-0.2, 0) is 11.3 Å². The molecule has 0 aliphatic carbocycles. The van der Waals surface area contributed by atoms with Crippen LogP contribution in [0, 0.1) is 0 Å². The van der Waals surface area contributed by atoms with Gasteiger partial charge < -0.3 is 24.3 Å². The molecule has 0 radical (unpaired) electrons. The molecule has 1 N–H and O–H groups in total. The van der Waals surface area contributed by atoms with Crippen molar-refractivity contribution in [3.8, 4) is 34.3 Å². The highest BCUT2D eigenvalue weighted by molar-refractivity contribution is 5.91. The second-order valence-corrected chi connectivity index (χ2v) is 6.41. The summed E-state index contributed by atoms with van der Waals surface area (Å²) in [6, 6.07) is 13.4. The first-order valence-electron chi connectivity index (χ1n) is 9.31. The molecule has 31 heavy (non-hydrogen) atoms. The van der Waals surface area contributed by atoms with E-state index < -0.39 is 11.5 Å².